The Kier molecular flexibility index (Phi) is 18.1. The van der Waals surface area contributed by atoms with Gasteiger partial charge in [0, 0.05) is 73.1 Å². The summed E-state index contributed by atoms with van der Waals surface area (Å²) in [6.07, 6.45) is 1.03. The van der Waals surface area contributed by atoms with E-state index in [4.69, 9.17) is 15.2 Å². The number of carbonyl (C=O) groups is 9. The van der Waals surface area contributed by atoms with Gasteiger partial charge in [-0.1, -0.05) is 32.0 Å². The number of piperidine rings is 2. The molecule has 21 nitrogen and oxygen atoms in total. The zero-order valence-electron chi connectivity index (χ0n) is 43.1. The van der Waals surface area contributed by atoms with E-state index < -0.39 is 48.5 Å². The number of likely N-dealkylation sites (tertiary alicyclic amines) is 1. The molecule has 3 atom stereocenters. The number of nitrogens with two attached hydrogens (primary N) is 1. The highest BCUT2D eigenvalue weighted by molar-refractivity contribution is 7.14. The van der Waals surface area contributed by atoms with Crippen LogP contribution in [0.4, 0.5) is 16.2 Å². The topological polar surface area (TPSA) is 262 Å². The van der Waals surface area contributed by atoms with Gasteiger partial charge in [-0.3, -0.25) is 43.7 Å². The molecule has 6 N–H and O–H groups in total. The number of amides is 9. The van der Waals surface area contributed by atoms with Gasteiger partial charge in [-0.25, -0.2) is 9.69 Å². The Morgan fingerprint density at radius 1 is 0.880 bits per heavy atom. The maximum Gasteiger partial charge on any atom is 0.324 e. The highest BCUT2D eigenvalue weighted by Gasteiger charge is 2.44. The number of hydrogen-bond acceptors (Lipinski definition) is 16. The van der Waals surface area contributed by atoms with Crippen molar-refractivity contribution in [3.8, 4) is 5.75 Å². The number of hydrogen-bond donors (Lipinski definition) is 5. The van der Waals surface area contributed by atoms with E-state index in [2.05, 4.69) is 21.3 Å². The van der Waals surface area contributed by atoms with Crippen molar-refractivity contribution in [3.05, 3.63) is 96.4 Å². The Bertz CT molecular complexity index is 2840. The lowest BCUT2D eigenvalue weighted by molar-refractivity contribution is -0.165. The molecule has 0 spiro atoms. The molecule has 2 saturated heterocycles. The average Bonchev–Trinajstić information content (AvgIpc) is 4.12. The number of imide groups is 2. The third kappa shape index (κ3) is 13.6. The second-order valence-corrected chi connectivity index (χ2v) is 21.6. The number of benzene rings is 2. The number of fused-ring (bicyclic) bond motifs is 2. The summed E-state index contributed by atoms with van der Waals surface area (Å²) in [5.41, 5.74) is 11.6. The van der Waals surface area contributed by atoms with Gasteiger partial charge in [0.2, 0.25) is 23.6 Å². The normalized spacial score (nSPS) is 17.6. The van der Waals surface area contributed by atoms with Gasteiger partial charge in [-0.2, -0.15) is 0 Å². The van der Waals surface area contributed by atoms with E-state index >= 15 is 0 Å². The van der Waals surface area contributed by atoms with Crippen LogP contribution in [0.1, 0.15) is 91.6 Å². The van der Waals surface area contributed by atoms with Gasteiger partial charge in [-0.05, 0) is 92.4 Å². The molecule has 0 aliphatic carbocycles. The van der Waals surface area contributed by atoms with E-state index in [9.17, 15) is 43.2 Å². The van der Waals surface area contributed by atoms with Crippen LogP contribution >= 0.6 is 22.7 Å². The molecule has 8 rings (SSSR count). The minimum absolute atomic E-state index is 0.0446. The Morgan fingerprint density at radius 2 is 1.60 bits per heavy atom. The Balaban J connectivity index is 0.000000222. The Labute approximate surface area is 443 Å². The van der Waals surface area contributed by atoms with E-state index in [1.807, 2.05) is 93.4 Å². The van der Waals surface area contributed by atoms with Crippen molar-refractivity contribution in [2.24, 2.45) is 11.7 Å². The molecule has 9 amide bonds. The van der Waals surface area contributed by atoms with Crippen molar-refractivity contribution < 1.29 is 52.6 Å². The fourth-order valence-electron chi connectivity index (χ4n) is 8.79. The lowest BCUT2D eigenvalue weighted by Crippen LogP contribution is -2.55. The van der Waals surface area contributed by atoms with Gasteiger partial charge < -0.3 is 50.8 Å². The summed E-state index contributed by atoms with van der Waals surface area (Å²) < 4.78 is 10.8. The summed E-state index contributed by atoms with van der Waals surface area (Å²) in [5, 5.41) is 12.7. The molecule has 0 saturated carbocycles. The van der Waals surface area contributed by atoms with Gasteiger partial charge in [-0.15, -0.1) is 22.7 Å². The molecule has 4 aliphatic heterocycles. The number of esters is 1. The zero-order chi connectivity index (χ0) is 54.2. The molecule has 2 aromatic heterocycles. The van der Waals surface area contributed by atoms with Gasteiger partial charge in [0.05, 0.1) is 30.0 Å². The first-order chi connectivity index (χ1) is 35.7. The molecule has 0 bridgehead atoms. The lowest BCUT2D eigenvalue weighted by Gasteiger charge is -2.35. The zero-order valence-corrected chi connectivity index (χ0v) is 44.7. The highest BCUT2D eigenvalue weighted by Crippen LogP contribution is 2.36. The number of ether oxygens (including phenoxy) is 2. The van der Waals surface area contributed by atoms with E-state index in [1.54, 1.807) is 19.2 Å². The van der Waals surface area contributed by atoms with Crippen molar-refractivity contribution in [3.63, 3.8) is 0 Å². The molecular formula is C52H64N10O11S2. The fourth-order valence-corrected chi connectivity index (χ4v) is 10.8. The van der Waals surface area contributed by atoms with E-state index in [1.165, 1.54) is 32.5 Å². The molecule has 4 aliphatic rings. The summed E-state index contributed by atoms with van der Waals surface area (Å²) in [6, 6.07) is 12.3. The van der Waals surface area contributed by atoms with Crippen LogP contribution in [0.5, 0.6) is 5.75 Å². The van der Waals surface area contributed by atoms with Crippen LogP contribution in [-0.2, 0) is 66.1 Å². The van der Waals surface area contributed by atoms with Crippen molar-refractivity contribution in [1.29, 1.82) is 0 Å². The maximum absolute atomic E-state index is 13.2. The predicted molar refractivity (Wildman–Crippen MR) is 281 cm³/mol. The molecule has 6 heterocycles. The fraction of sp³-hybridized carbons (Fsp3) is 0.442. The van der Waals surface area contributed by atoms with Crippen LogP contribution in [0.15, 0.2) is 53.9 Å². The molecule has 2 aromatic carbocycles. The van der Waals surface area contributed by atoms with Gasteiger partial charge in [0.25, 0.3) is 17.7 Å². The third-order valence-corrected chi connectivity index (χ3v) is 15.3. The SMILES string of the molecule is CN(C)CCOc1ccc(CC(=O)NCc2scc3c2CN(C2CCC(=O)NC2=O)C3=O)cc1.Cc1ccc(NC(=O)NCc2cc3c(s2)C(=O)N(C2CCC(=O)N(COC(=O)[C@H](N)C(C)C)C2=O)C3)cc1N(C)C. The smallest absolute Gasteiger partial charge is 0.324 e. The molecule has 4 aromatic rings. The van der Waals surface area contributed by atoms with Crippen molar-refractivity contribution in [2.45, 2.75) is 97.2 Å². The van der Waals surface area contributed by atoms with Crippen LogP contribution in [0, 0.1) is 12.8 Å². The van der Waals surface area contributed by atoms with Gasteiger partial charge in [0.1, 0.15) is 30.5 Å². The second-order valence-electron chi connectivity index (χ2n) is 19.5. The number of likely N-dealkylation sites (N-methyl/N-ethyl adjacent to an activating group) is 1. The first kappa shape index (κ1) is 55.5. The second kappa shape index (κ2) is 24.4. The standard InChI is InChI=1S/C28H36N6O6S.C24H28N4O5S/c1-15(2)23(29)27(38)40-14-34-22(35)9-8-20(25(34)36)33-13-17-10-19(41-24(17)26(33)37)12-30-28(39)31-18-7-6-16(3)21(11-18)32(4)5;1-27(2)9-10-33-16-5-3-15(4-6-16)11-22(30)25-12-20-17-13-28(24(32)18(17)14-34-20)19-7-8-21(29)26-23(19)31/h6-7,10-11,15,20,23H,8-9,12-14,29H2,1-5H3,(H2,30,31,39);3-6,14,19H,7-13H2,1-2H3,(H,25,30)(H,26,29,31)/t20?,23-;/m1./s1. The van der Waals surface area contributed by atoms with Crippen molar-refractivity contribution in [1.82, 2.24) is 35.6 Å². The van der Waals surface area contributed by atoms with Gasteiger partial charge in [0.15, 0.2) is 6.73 Å². The summed E-state index contributed by atoms with van der Waals surface area (Å²) in [4.78, 5) is 122. The first-order valence-corrected chi connectivity index (χ1v) is 26.3. The number of aryl methyl sites for hydroxylation is 1. The molecular weight excluding hydrogens is 1000 g/mol. The number of anilines is 2. The number of urea groups is 1. The number of nitrogens with zero attached hydrogens (tertiary/aromatic N) is 5. The minimum Gasteiger partial charge on any atom is -0.492 e. The van der Waals surface area contributed by atoms with E-state index in [-0.39, 0.29) is 74.4 Å². The summed E-state index contributed by atoms with van der Waals surface area (Å²) in [6.45, 7) is 7.49. The molecule has 23 heteroatoms. The van der Waals surface area contributed by atoms with Crippen LogP contribution in [0.3, 0.4) is 0 Å². The average molecular weight is 1070 g/mol. The molecule has 75 heavy (non-hydrogen) atoms. The number of carbonyl (C=O) groups excluding carboxylic acids is 9. The molecule has 0 radical (unpaired) electrons. The van der Waals surface area contributed by atoms with Crippen LogP contribution in [-0.4, -0.2) is 139 Å². The largest absolute Gasteiger partial charge is 0.492 e. The minimum atomic E-state index is -0.870. The summed E-state index contributed by atoms with van der Waals surface area (Å²) in [5.74, 6) is -2.50. The van der Waals surface area contributed by atoms with E-state index in [0.717, 1.165) is 54.9 Å². The first-order valence-electron chi connectivity index (χ1n) is 24.6. The van der Waals surface area contributed by atoms with Crippen molar-refractivity contribution in [2.75, 3.05) is 58.3 Å². The van der Waals surface area contributed by atoms with Crippen LogP contribution in [0.25, 0.3) is 0 Å². The summed E-state index contributed by atoms with van der Waals surface area (Å²) >= 11 is 2.69. The molecule has 2 fully saturated rings. The van der Waals surface area contributed by atoms with Crippen molar-refractivity contribution >= 4 is 87.4 Å². The third-order valence-electron chi connectivity index (χ3n) is 13.1. The maximum atomic E-state index is 13.2. The van der Waals surface area contributed by atoms with Crippen LogP contribution in [0.2, 0.25) is 0 Å². The lowest BCUT2D eigenvalue weighted by atomic mass is 10.0. The highest BCUT2D eigenvalue weighted by atomic mass is 32.1. The number of rotatable bonds is 18. The summed E-state index contributed by atoms with van der Waals surface area (Å²) in [7, 11) is 7.85. The Morgan fingerprint density at radius 3 is 2.28 bits per heavy atom. The van der Waals surface area contributed by atoms with Gasteiger partial charge >= 0.3 is 12.0 Å². The quantitative estimate of drug-likeness (QED) is 0.0703. The molecule has 400 valence electrons. The van der Waals surface area contributed by atoms with E-state index in [0.29, 0.717) is 42.2 Å². The van der Waals surface area contributed by atoms with Crippen LogP contribution < -0.4 is 36.6 Å². The monoisotopic (exact) mass is 1070 g/mol. The molecule has 2 unspecified atom stereocenters. The number of nitrogens with one attached hydrogen (secondary N) is 4. The Hall–Kier alpha value is -7.21. The number of thiophene rings is 2. The predicted octanol–water partition coefficient (Wildman–Crippen LogP) is 3.71.